The van der Waals surface area contributed by atoms with Gasteiger partial charge in [-0.15, -0.1) is 6.58 Å². The van der Waals surface area contributed by atoms with Crippen LogP contribution in [0.15, 0.2) is 30.9 Å². The van der Waals surface area contributed by atoms with E-state index in [2.05, 4.69) is 11.9 Å². The third-order valence-electron chi connectivity index (χ3n) is 2.71. The number of nitro benzene ring substituents is 1. The van der Waals surface area contributed by atoms with Crippen molar-refractivity contribution >= 4 is 27.1 Å². The molecule has 0 aliphatic carbocycles. The fourth-order valence-corrected chi connectivity index (χ4v) is 2.45. The van der Waals surface area contributed by atoms with Crippen molar-refractivity contribution in [1.82, 2.24) is 0 Å². The second kappa shape index (κ2) is 6.35. The number of nitrogens with one attached hydrogen (secondary N) is 1. The third kappa shape index (κ3) is 4.02. The summed E-state index contributed by atoms with van der Waals surface area (Å²) in [7, 11) is -3.71. The molecule has 9 heteroatoms. The maximum atomic E-state index is 11.9. The van der Waals surface area contributed by atoms with Crippen LogP contribution in [-0.2, 0) is 14.6 Å². The van der Waals surface area contributed by atoms with E-state index in [1.54, 1.807) is 0 Å². The van der Waals surface area contributed by atoms with Crippen LogP contribution in [0.1, 0.15) is 6.92 Å². The Morgan fingerprint density at radius 1 is 1.57 bits per heavy atom. The summed E-state index contributed by atoms with van der Waals surface area (Å²) in [6.07, 6.45) is 1.16. The number of non-ortho nitro benzene ring substituents is 1. The van der Waals surface area contributed by atoms with Crippen molar-refractivity contribution in [1.29, 1.82) is 0 Å². The smallest absolute Gasteiger partial charge is 0.271 e. The third-order valence-corrected chi connectivity index (χ3v) is 4.70. The van der Waals surface area contributed by atoms with E-state index in [0.717, 1.165) is 24.3 Å². The second-order valence-electron chi connectivity index (χ2n) is 4.21. The molecule has 1 aromatic carbocycles. The predicted octanol–water partition coefficient (Wildman–Crippen LogP) is 1.23. The lowest BCUT2D eigenvalue weighted by atomic mass is 10.2. The number of sulfone groups is 1. The molecule has 0 aliphatic heterocycles. The van der Waals surface area contributed by atoms with E-state index < -0.39 is 31.7 Å². The predicted molar refractivity (Wildman–Crippen MR) is 76.8 cm³/mol. The molecule has 21 heavy (non-hydrogen) atoms. The molecule has 0 bridgehead atoms. The Hall–Kier alpha value is -2.42. The number of benzene rings is 1. The van der Waals surface area contributed by atoms with Crippen molar-refractivity contribution in [3.8, 4) is 5.75 Å². The minimum Gasteiger partial charge on any atom is -0.506 e. The van der Waals surface area contributed by atoms with E-state index in [-0.39, 0.29) is 17.1 Å². The van der Waals surface area contributed by atoms with Gasteiger partial charge in [0.25, 0.3) is 5.69 Å². The molecule has 1 amide bonds. The summed E-state index contributed by atoms with van der Waals surface area (Å²) in [5.74, 6) is -1.67. The van der Waals surface area contributed by atoms with Crippen LogP contribution in [0.2, 0.25) is 0 Å². The lowest BCUT2D eigenvalue weighted by molar-refractivity contribution is -0.384. The minimum absolute atomic E-state index is 0.227. The second-order valence-corrected chi connectivity index (χ2v) is 6.57. The number of aromatic hydroxyl groups is 1. The number of anilines is 1. The fourth-order valence-electron chi connectivity index (χ4n) is 1.44. The standard InChI is InChI=1S/C12H14N2O6S/c1-3-6-21(19,20)8(2)12(16)13-10-7-9(14(17)18)4-5-11(10)15/h3-5,7-8,15H,1,6H2,2H3,(H,13,16). The number of phenols is 1. The monoisotopic (exact) mass is 314 g/mol. The van der Waals surface area contributed by atoms with Crippen molar-refractivity contribution in [3.63, 3.8) is 0 Å². The zero-order chi connectivity index (χ0) is 16.2. The van der Waals surface area contributed by atoms with Gasteiger partial charge in [-0.1, -0.05) is 6.08 Å². The molecule has 1 atom stereocenters. The Kier molecular flexibility index (Phi) is 5.03. The summed E-state index contributed by atoms with van der Waals surface area (Å²) in [6.45, 7) is 4.47. The van der Waals surface area contributed by atoms with Gasteiger partial charge < -0.3 is 10.4 Å². The Balaban J connectivity index is 3.01. The lowest BCUT2D eigenvalue weighted by Gasteiger charge is -2.12. The summed E-state index contributed by atoms with van der Waals surface area (Å²) < 4.78 is 23.4. The van der Waals surface area contributed by atoms with E-state index in [0.29, 0.717) is 0 Å². The van der Waals surface area contributed by atoms with Crippen LogP contribution in [0.5, 0.6) is 5.75 Å². The number of nitrogens with zero attached hydrogens (tertiary/aromatic N) is 1. The Labute approximate surface area is 121 Å². The van der Waals surface area contributed by atoms with Gasteiger partial charge in [-0.05, 0) is 13.0 Å². The molecule has 0 fully saturated rings. The van der Waals surface area contributed by atoms with Crippen molar-refractivity contribution in [2.24, 2.45) is 0 Å². The summed E-state index contributed by atoms with van der Waals surface area (Å²) >= 11 is 0. The highest BCUT2D eigenvalue weighted by atomic mass is 32.2. The van der Waals surface area contributed by atoms with Gasteiger partial charge in [0, 0.05) is 12.1 Å². The molecule has 8 nitrogen and oxygen atoms in total. The first-order chi connectivity index (χ1) is 9.69. The normalized spacial score (nSPS) is 12.4. The van der Waals surface area contributed by atoms with Gasteiger partial charge in [0.15, 0.2) is 9.84 Å². The zero-order valence-electron chi connectivity index (χ0n) is 11.1. The van der Waals surface area contributed by atoms with E-state index >= 15 is 0 Å². The summed E-state index contributed by atoms with van der Waals surface area (Å²) in [4.78, 5) is 21.8. The molecule has 0 aromatic heterocycles. The fraction of sp³-hybridized carbons (Fsp3) is 0.250. The molecule has 0 saturated heterocycles. The Morgan fingerprint density at radius 2 is 2.19 bits per heavy atom. The molecule has 0 saturated carbocycles. The van der Waals surface area contributed by atoms with Gasteiger partial charge in [0.2, 0.25) is 5.91 Å². The molecule has 0 aliphatic rings. The van der Waals surface area contributed by atoms with Crippen LogP contribution in [0.4, 0.5) is 11.4 Å². The van der Waals surface area contributed by atoms with Gasteiger partial charge >= 0.3 is 0 Å². The van der Waals surface area contributed by atoms with Crippen molar-refractivity contribution in [3.05, 3.63) is 41.0 Å². The number of carbonyl (C=O) groups is 1. The molecular formula is C12H14N2O6S. The summed E-state index contributed by atoms with van der Waals surface area (Å²) in [6, 6.07) is 3.04. The Bertz CT molecular complexity index is 683. The number of nitro groups is 1. The first kappa shape index (κ1) is 16.6. The van der Waals surface area contributed by atoms with E-state index in [1.165, 1.54) is 6.92 Å². The van der Waals surface area contributed by atoms with Crippen molar-refractivity contribution in [2.45, 2.75) is 12.2 Å². The average Bonchev–Trinajstić information content (AvgIpc) is 2.39. The van der Waals surface area contributed by atoms with E-state index in [1.807, 2.05) is 0 Å². The number of rotatable bonds is 6. The van der Waals surface area contributed by atoms with Crippen LogP contribution in [-0.4, -0.2) is 35.4 Å². The lowest BCUT2D eigenvalue weighted by Crippen LogP contribution is -2.33. The summed E-state index contributed by atoms with van der Waals surface area (Å²) in [5, 5.41) is 21.0. The first-order valence-corrected chi connectivity index (χ1v) is 7.51. The van der Waals surface area contributed by atoms with Crippen LogP contribution in [0.3, 0.4) is 0 Å². The maximum Gasteiger partial charge on any atom is 0.271 e. The first-order valence-electron chi connectivity index (χ1n) is 5.79. The highest BCUT2D eigenvalue weighted by Gasteiger charge is 2.27. The highest BCUT2D eigenvalue weighted by molar-refractivity contribution is 7.92. The molecule has 1 aromatic rings. The molecule has 0 radical (unpaired) electrons. The van der Waals surface area contributed by atoms with Crippen LogP contribution < -0.4 is 5.32 Å². The Morgan fingerprint density at radius 3 is 2.71 bits per heavy atom. The van der Waals surface area contributed by atoms with E-state index in [4.69, 9.17) is 0 Å². The molecule has 0 spiro atoms. The number of carbonyl (C=O) groups excluding carboxylic acids is 1. The average molecular weight is 314 g/mol. The molecule has 2 N–H and O–H groups in total. The largest absolute Gasteiger partial charge is 0.506 e. The molecule has 1 unspecified atom stereocenters. The number of hydrogen-bond acceptors (Lipinski definition) is 6. The SMILES string of the molecule is C=CCS(=O)(=O)C(C)C(=O)Nc1cc([N+](=O)[O-])ccc1O. The quantitative estimate of drug-likeness (QED) is 0.352. The molecule has 1 rings (SSSR count). The van der Waals surface area contributed by atoms with E-state index in [9.17, 15) is 28.4 Å². The van der Waals surface area contributed by atoms with Crippen LogP contribution in [0.25, 0.3) is 0 Å². The number of amides is 1. The van der Waals surface area contributed by atoms with Gasteiger partial charge in [0.05, 0.1) is 16.4 Å². The van der Waals surface area contributed by atoms with Crippen LogP contribution >= 0.6 is 0 Å². The highest BCUT2D eigenvalue weighted by Crippen LogP contribution is 2.28. The van der Waals surface area contributed by atoms with Crippen LogP contribution in [0, 0.1) is 10.1 Å². The van der Waals surface area contributed by atoms with Crippen molar-refractivity contribution in [2.75, 3.05) is 11.1 Å². The summed E-state index contributed by atoms with van der Waals surface area (Å²) in [5.41, 5.74) is -0.570. The molecule has 0 heterocycles. The van der Waals surface area contributed by atoms with Gasteiger partial charge in [0.1, 0.15) is 11.0 Å². The topological polar surface area (TPSA) is 127 Å². The minimum atomic E-state index is -3.71. The maximum absolute atomic E-state index is 11.9. The van der Waals surface area contributed by atoms with Gasteiger partial charge in [-0.3, -0.25) is 14.9 Å². The van der Waals surface area contributed by atoms with Crippen molar-refractivity contribution < 1.29 is 23.2 Å². The number of hydrogen-bond donors (Lipinski definition) is 2. The van der Waals surface area contributed by atoms with Gasteiger partial charge in [-0.25, -0.2) is 8.42 Å². The number of phenolic OH excluding ortho intramolecular Hbond substituents is 1. The zero-order valence-corrected chi connectivity index (χ0v) is 12.0. The molecule has 114 valence electrons. The molecular weight excluding hydrogens is 300 g/mol. The van der Waals surface area contributed by atoms with Gasteiger partial charge in [-0.2, -0.15) is 0 Å².